The standard InChI is InChI=1S/C26H35N5O/c1-20-8-6-7-15-31(20)25(29-19-26(2,3)18-28)30-23-11-13-24(14-12-23)32-17-22-10-5-4-9-21(22)16-27/h4-5,9-14,20H,6-8,15,17-19,28H2,1-3H3,(H,29,30). The van der Waals surface area contributed by atoms with Gasteiger partial charge in [0.15, 0.2) is 5.96 Å². The molecule has 32 heavy (non-hydrogen) atoms. The van der Waals surface area contributed by atoms with Crippen molar-refractivity contribution in [2.24, 2.45) is 16.1 Å². The Balaban J connectivity index is 1.72. The number of aliphatic imine (C=N–C) groups is 1. The molecule has 3 rings (SSSR count). The lowest BCUT2D eigenvalue weighted by molar-refractivity contribution is 0.246. The maximum absolute atomic E-state index is 9.23. The third kappa shape index (κ3) is 6.48. The van der Waals surface area contributed by atoms with Crippen molar-refractivity contribution < 1.29 is 4.74 Å². The molecule has 1 fully saturated rings. The first kappa shape index (κ1) is 23.6. The molecule has 170 valence electrons. The molecule has 1 saturated heterocycles. The summed E-state index contributed by atoms with van der Waals surface area (Å²) in [6, 6.07) is 17.9. The van der Waals surface area contributed by atoms with E-state index in [1.165, 1.54) is 19.3 Å². The average molecular weight is 434 g/mol. The number of nitrogens with one attached hydrogen (secondary N) is 1. The van der Waals surface area contributed by atoms with Crippen molar-refractivity contribution >= 4 is 11.6 Å². The van der Waals surface area contributed by atoms with E-state index >= 15 is 0 Å². The summed E-state index contributed by atoms with van der Waals surface area (Å²) in [7, 11) is 0. The van der Waals surface area contributed by atoms with Crippen LogP contribution in [-0.2, 0) is 6.61 Å². The minimum Gasteiger partial charge on any atom is -0.489 e. The Labute approximate surface area is 192 Å². The van der Waals surface area contributed by atoms with Crippen LogP contribution in [0.15, 0.2) is 53.5 Å². The third-order valence-electron chi connectivity index (χ3n) is 5.96. The minimum absolute atomic E-state index is 0.00277. The molecule has 1 atom stereocenters. The minimum atomic E-state index is -0.00277. The van der Waals surface area contributed by atoms with Crippen molar-refractivity contribution in [1.82, 2.24) is 10.2 Å². The van der Waals surface area contributed by atoms with Gasteiger partial charge in [0.25, 0.3) is 0 Å². The molecule has 2 aromatic carbocycles. The van der Waals surface area contributed by atoms with Crippen LogP contribution in [0.5, 0.6) is 5.75 Å². The normalized spacial score (nSPS) is 17.0. The lowest BCUT2D eigenvalue weighted by atomic mass is 9.94. The first-order chi connectivity index (χ1) is 15.4. The topological polar surface area (TPSA) is 86.7 Å². The number of rotatable bonds is 7. The largest absolute Gasteiger partial charge is 0.489 e. The SMILES string of the molecule is CC1CCCCN1/C(=N\c1ccc(OCc2ccccc2C#N)cc1)NCC(C)(C)CN. The molecule has 0 amide bonds. The molecule has 0 aromatic heterocycles. The Morgan fingerprint density at radius 3 is 2.66 bits per heavy atom. The zero-order valence-corrected chi connectivity index (χ0v) is 19.5. The third-order valence-corrected chi connectivity index (χ3v) is 5.96. The number of nitriles is 1. The number of nitrogens with zero attached hydrogens (tertiary/aromatic N) is 3. The number of nitrogens with two attached hydrogens (primary N) is 1. The van der Waals surface area contributed by atoms with Gasteiger partial charge in [-0.2, -0.15) is 5.26 Å². The maximum atomic E-state index is 9.23. The fraction of sp³-hybridized carbons (Fsp3) is 0.462. The zero-order valence-electron chi connectivity index (χ0n) is 19.5. The number of hydrogen-bond acceptors (Lipinski definition) is 4. The predicted octanol–water partition coefficient (Wildman–Crippen LogP) is 4.57. The molecule has 0 aliphatic carbocycles. The van der Waals surface area contributed by atoms with E-state index in [2.05, 4.69) is 37.1 Å². The van der Waals surface area contributed by atoms with Crippen LogP contribution in [0.25, 0.3) is 0 Å². The van der Waals surface area contributed by atoms with Crippen LogP contribution in [-0.4, -0.2) is 36.5 Å². The molecule has 1 unspecified atom stereocenters. The second kappa shape index (κ2) is 11.0. The van der Waals surface area contributed by atoms with Crippen molar-refractivity contribution in [3.05, 3.63) is 59.7 Å². The summed E-state index contributed by atoms with van der Waals surface area (Å²) in [5.41, 5.74) is 8.32. The quantitative estimate of drug-likeness (QED) is 0.493. The smallest absolute Gasteiger partial charge is 0.199 e. The molecule has 1 aliphatic rings. The average Bonchev–Trinajstić information content (AvgIpc) is 2.82. The Morgan fingerprint density at radius 2 is 1.97 bits per heavy atom. The number of hydrogen-bond donors (Lipinski definition) is 2. The van der Waals surface area contributed by atoms with E-state index in [4.69, 9.17) is 15.5 Å². The molecule has 2 aromatic rings. The highest BCUT2D eigenvalue weighted by atomic mass is 16.5. The van der Waals surface area contributed by atoms with E-state index in [1.54, 1.807) is 6.07 Å². The van der Waals surface area contributed by atoms with E-state index in [9.17, 15) is 5.26 Å². The van der Waals surface area contributed by atoms with E-state index in [-0.39, 0.29) is 5.41 Å². The van der Waals surface area contributed by atoms with Gasteiger partial charge in [0.2, 0.25) is 0 Å². The summed E-state index contributed by atoms with van der Waals surface area (Å²) in [4.78, 5) is 7.32. The lowest BCUT2D eigenvalue weighted by Crippen LogP contribution is -2.51. The number of piperidine rings is 1. The lowest BCUT2D eigenvalue weighted by Gasteiger charge is -2.37. The molecule has 6 nitrogen and oxygen atoms in total. The van der Waals surface area contributed by atoms with Gasteiger partial charge in [0.1, 0.15) is 12.4 Å². The molecular weight excluding hydrogens is 398 g/mol. The van der Waals surface area contributed by atoms with Crippen molar-refractivity contribution in [3.8, 4) is 11.8 Å². The first-order valence-electron chi connectivity index (χ1n) is 11.4. The van der Waals surface area contributed by atoms with Crippen LogP contribution < -0.4 is 15.8 Å². The van der Waals surface area contributed by atoms with E-state index in [1.807, 2.05) is 42.5 Å². The van der Waals surface area contributed by atoms with Crippen molar-refractivity contribution in [2.45, 2.75) is 52.7 Å². The van der Waals surface area contributed by atoms with Crippen LogP contribution in [0, 0.1) is 16.7 Å². The van der Waals surface area contributed by atoms with E-state index < -0.39 is 0 Å². The van der Waals surface area contributed by atoms with Gasteiger partial charge in [0.05, 0.1) is 17.3 Å². The van der Waals surface area contributed by atoms with Gasteiger partial charge in [0, 0.05) is 24.7 Å². The highest BCUT2D eigenvalue weighted by Gasteiger charge is 2.24. The summed E-state index contributed by atoms with van der Waals surface area (Å²) in [5.74, 6) is 1.66. The molecule has 0 saturated carbocycles. The van der Waals surface area contributed by atoms with Gasteiger partial charge in [-0.1, -0.05) is 32.0 Å². The van der Waals surface area contributed by atoms with Gasteiger partial charge in [-0.3, -0.25) is 0 Å². The van der Waals surface area contributed by atoms with Gasteiger partial charge >= 0.3 is 0 Å². The van der Waals surface area contributed by atoms with Gasteiger partial charge < -0.3 is 20.7 Å². The predicted molar refractivity (Wildman–Crippen MR) is 130 cm³/mol. The first-order valence-corrected chi connectivity index (χ1v) is 11.4. The molecule has 0 radical (unpaired) electrons. The van der Waals surface area contributed by atoms with Crippen LogP contribution in [0.1, 0.15) is 51.2 Å². The Kier molecular flexibility index (Phi) is 8.13. The molecule has 0 spiro atoms. The highest BCUT2D eigenvalue weighted by molar-refractivity contribution is 5.83. The second-order valence-electron chi connectivity index (χ2n) is 9.25. The molecule has 1 aliphatic heterocycles. The summed E-state index contributed by atoms with van der Waals surface area (Å²) >= 11 is 0. The number of guanidine groups is 1. The van der Waals surface area contributed by atoms with Crippen LogP contribution in [0.2, 0.25) is 0 Å². The van der Waals surface area contributed by atoms with Crippen molar-refractivity contribution in [2.75, 3.05) is 19.6 Å². The highest BCUT2D eigenvalue weighted by Crippen LogP contribution is 2.23. The summed E-state index contributed by atoms with van der Waals surface area (Å²) in [6.07, 6.45) is 3.63. The molecule has 6 heteroatoms. The number of likely N-dealkylation sites (tertiary alicyclic amines) is 1. The molecule has 3 N–H and O–H groups in total. The van der Waals surface area contributed by atoms with E-state index in [0.29, 0.717) is 24.8 Å². The van der Waals surface area contributed by atoms with Crippen LogP contribution in [0.4, 0.5) is 5.69 Å². The molecule has 1 heterocycles. The fourth-order valence-corrected chi connectivity index (χ4v) is 3.66. The van der Waals surface area contributed by atoms with Crippen LogP contribution in [0.3, 0.4) is 0 Å². The summed E-state index contributed by atoms with van der Waals surface area (Å²) in [5, 5.41) is 12.8. The Hall–Kier alpha value is -3.04. The molecular formula is C26H35N5O. The van der Waals surface area contributed by atoms with Gasteiger partial charge in [-0.15, -0.1) is 0 Å². The number of benzene rings is 2. The van der Waals surface area contributed by atoms with Crippen molar-refractivity contribution in [3.63, 3.8) is 0 Å². The summed E-state index contributed by atoms with van der Waals surface area (Å²) in [6.45, 7) is 9.34. The maximum Gasteiger partial charge on any atom is 0.199 e. The Bertz CT molecular complexity index is 945. The van der Waals surface area contributed by atoms with Gasteiger partial charge in [-0.25, -0.2) is 4.99 Å². The Morgan fingerprint density at radius 1 is 1.22 bits per heavy atom. The second-order valence-corrected chi connectivity index (χ2v) is 9.25. The van der Waals surface area contributed by atoms with E-state index in [0.717, 1.165) is 36.0 Å². The molecule has 0 bridgehead atoms. The zero-order chi connectivity index (χ0) is 23.0. The number of ether oxygens (including phenoxy) is 1. The monoisotopic (exact) mass is 433 g/mol. The van der Waals surface area contributed by atoms with Gasteiger partial charge in [-0.05, 0) is 68.5 Å². The van der Waals surface area contributed by atoms with Crippen LogP contribution >= 0.6 is 0 Å². The summed E-state index contributed by atoms with van der Waals surface area (Å²) < 4.78 is 5.90. The fourth-order valence-electron chi connectivity index (χ4n) is 3.66. The van der Waals surface area contributed by atoms with Crippen molar-refractivity contribution in [1.29, 1.82) is 5.26 Å².